The summed E-state index contributed by atoms with van der Waals surface area (Å²) in [5, 5.41) is 0. The topological polar surface area (TPSA) is 0 Å². The van der Waals surface area contributed by atoms with Crippen LogP contribution in [0.25, 0.3) is 0 Å². The van der Waals surface area contributed by atoms with Gasteiger partial charge in [-0.2, -0.15) is 0 Å². The second-order valence-corrected chi connectivity index (χ2v) is 9.19. The molecule has 0 aliphatic rings. The molecule has 2 unspecified atom stereocenters. The smallest absolute Gasteiger partial charge is 0.0998 e. The summed E-state index contributed by atoms with van der Waals surface area (Å²) in [6.07, 6.45) is -1.94. The van der Waals surface area contributed by atoms with Crippen LogP contribution in [0.1, 0.15) is 12.8 Å². The molecule has 92 valence electrons. The molecular weight excluding hydrogens is 240 g/mol. The molecule has 0 fully saturated rings. The Morgan fingerprint density at radius 2 is 1.20 bits per heavy atom. The summed E-state index contributed by atoms with van der Waals surface area (Å²) in [6.45, 7) is -1.17. The fourth-order valence-electron chi connectivity index (χ4n) is 1.43. The Bertz CT molecular complexity index is 123. The Balaban J connectivity index is 3.17. The van der Waals surface area contributed by atoms with Crippen LogP contribution < -0.4 is 0 Å². The van der Waals surface area contributed by atoms with Crippen molar-refractivity contribution in [2.24, 2.45) is 0 Å². The van der Waals surface area contributed by atoms with E-state index in [0.717, 1.165) is 5.67 Å². The summed E-state index contributed by atoms with van der Waals surface area (Å²) < 4.78 is 49.0. The van der Waals surface area contributed by atoms with Crippen LogP contribution >= 0.6 is 0 Å². The molecule has 0 bridgehead atoms. The van der Waals surface area contributed by atoms with E-state index in [2.05, 4.69) is 0 Å². The lowest BCUT2D eigenvalue weighted by atomic mass is 10.3. The quantitative estimate of drug-likeness (QED) is 0.320. The Morgan fingerprint density at radius 1 is 0.800 bits per heavy atom. The maximum absolute atomic E-state index is 12.8. The molecule has 0 aromatic heterocycles. The number of hydrogen-bond acceptors (Lipinski definition) is 0. The molecule has 0 spiro atoms. The zero-order chi connectivity index (χ0) is 11.5. The van der Waals surface area contributed by atoms with E-state index in [-0.39, 0.29) is 12.8 Å². The molecule has 2 atom stereocenters. The lowest BCUT2D eigenvalue weighted by molar-refractivity contribution is 0.304. The normalized spacial score (nSPS) is 16.8. The van der Waals surface area contributed by atoms with Gasteiger partial charge in [0.1, 0.15) is 0 Å². The van der Waals surface area contributed by atoms with Gasteiger partial charge in [0, 0.05) is 31.9 Å². The van der Waals surface area contributed by atoms with Gasteiger partial charge in [-0.3, -0.25) is 8.78 Å². The summed E-state index contributed by atoms with van der Waals surface area (Å²) >= 11 is 0. The monoisotopic (exact) mass is 260 g/mol. The van der Waals surface area contributed by atoms with E-state index < -0.39 is 44.7 Å². The highest BCUT2D eigenvalue weighted by atomic mass is 28.3. The van der Waals surface area contributed by atoms with Crippen LogP contribution in [0.2, 0.25) is 17.8 Å². The van der Waals surface area contributed by atoms with E-state index in [1.54, 1.807) is 0 Å². The van der Waals surface area contributed by atoms with Gasteiger partial charge >= 0.3 is 0 Å². The molecule has 15 heavy (non-hydrogen) atoms. The van der Waals surface area contributed by atoms with Crippen LogP contribution in [0.3, 0.4) is 0 Å². The van der Waals surface area contributed by atoms with Crippen molar-refractivity contribution in [1.29, 1.82) is 0 Å². The number of rotatable bonds is 10. The molecule has 0 saturated carbocycles. The van der Waals surface area contributed by atoms with E-state index in [9.17, 15) is 17.6 Å². The second-order valence-electron chi connectivity index (χ2n) is 3.79. The Labute approximate surface area is 93.5 Å². The molecule has 0 nitrogen and oxygen atoms in total. The van der Waals surface area contributed by atoms with Crippen molar-refractivity contribution >= 4 is 19.0 Å². The first kappa shape index (κ1) is 15.2. The van der Waals surface area contributed by atoms with Gasteiger partial charge in [-0.05, 0) is 12.1 Å². The Hall–Kier alpha value is 0.154. The fraction of sp³-hybridized carbons (Fsp3) is 1.00. The zero-order valence-electron chi connectivity index (χ0n) is 9.03. The van der Waals surface area contributed by atoms with Gasteiger partial charge in [0.15, 0.2) is 0 Å². The average molecular weight is 260 g/mol. The molecule has 0 heterocycles. The van der Waals surface area contributed by atoms with Crippen molar-refractivity contribution in [3.63, 3.8) is 0 Å². The van der Waals surface area contributed by atoms with Crippen LogP contribution in [-0.4, -0.2) is 44.7 Å². The minimum absolute atomic E-state index is 0.0160. The molecule has 0 rings (SSSR count). The number of halogens is 4. The van der Waals surface area contributed by atoms with Crippen LogP contribution in [0.5, 0.6) is 0 Å². The third-order valence-electron chi connectivity index (χ3n) is 2.38. The largest absolute Gasteiger partial charge is 0.251 e. The minimum atomic E-state index is -0.984. The summed E-state index contributed by atoms with van der Waals surface area (Å²) in [6, 6.07) is 1.05. The van der Waals surface area contributed by atoms with Gasteiger partial charge in [0.2, 0.25) is 0 Å². The number of alkyl halides is 4. The molecule has 0 aliphatic carbocycles. The minimum Gasteiger partial charge on any atom is -0.251 e. The highest BCUT2D eigenvalue weighted by Gasteiger charge is 2.08. The van der Waals surface area contributed by atoms with Crippen molar-refractivity contribution in [3.05, 3.63) is 0 Å². The van der Waals surface area contributed by atoms with Gasteiger partial charge in [0.05, 0.1) is 25.7 Å². The number of hydrogen-bond donors (Lipinski definition) is 0. The lowest BCUT2D eigenvalue weighted by Gasteiger charge is -2.06. The van der Waals surface area contributed by atoms with Crippen LogP contribution in [0, 0.1) is 0 Å². The first-order chi connectivity index (χ1) is 7.20. The molecule has 0 radical (unpaired) electrons. The maximum Gasteiger partial charge on any atom is 0.0998 e. The third-order valence-corrected chi connectivity index (χ3v) is 8.45. The first-order valence-electron chi connectivity index (χ1n) is 5.60. The molecule has 0 N–H and O–H groups in total. The van der Waals surface area contributed by atoms with Crippen LogP contribution in [0.15, 0.2) is 0 Å². The zero-order valence-corrected chi connectivity index (χ0v) is 11.9. The molecule has 0 aliphatic heterocycles. The van der Waals surface area contributed by atoms with E-state index >= 15 is 0 Å². The van der Waals surface area contributed by atoms with Crippen LogP contribution in [-0.2, 0) is 0 Å². The maximum atomic E-state index is 12.8. The van der Waals surface area contributed by atoms with Gasteiger partial charge in [-0.15, -0.1) is 0 Å². The van der Waals surface area contributed by atoms with Gasteiger partial charge < -0.3 is 0 Å². The lowest BCUT2D eigenvalue weighted by Crippen LogP contribution is -2.10. The Kier molecular flexibility index (Phi) is 10.8. The second kappa shape index (κ2) is 10.7. The first-order valence-corrected chi connectivity index (χ1v) is 9.60. The Morgan fingerprint density at radius 3 is 1.53 bits per heavy atom. The van der Waals surface area contributed by atoms with Crippen molar-refractivity contribution in [2.75, 3.05) is 13.3 Å². The standard InChI is InChI=1S/C9H20F4Si2/c10-3-1-8(12)5-14-7-15-6-9(13)2-4-11/h8-9H,1-7,14-15H2. The predicted octanol–water partition coefficient (Wildman–Crippen LogP) is 1.93. The van der Waals surface area contributed by atoms with E-state index in [1.807, 2.05) is 0 Å². The van der Waals surface area contributed by atoms with Gasteiger partial charge in [-0.1, -0.05) is 5.67 Å². The summed E-state index contributed by atoms with van der Waals surface area (Å²) in [5.41, 5.74) is 1.01. The molecular formula is C9H20F4Si2. The fourth-order valence-corrected chi connectivity index (χ4v) is 6.62. The SMILES string of the molecule is FCCC(F)C[SiH2]C[SiH2]CC(F)CCF. The highest BCUT2D eigenvalue weighted by molar-refractivity contribution is 6.56. The van der Waals surface area contributed by atoms with Gasteiger partial charge in [0.25, 0.3) is 0 Å². The van der Waals surface area contributed by atoms with E-state index in [0.29, 0.717) is 12.1 Å². The van der Waals surface area contributed by atoms with Crippen molar-refractivity contribution < 1.29 is 17.6 Å². The van der Waals surface area contributed by atoms with Crippen molar-refractivity contribution in [2.45, 2.75) is 42.9 Å². The summed E-state index contributed by atoms with van der Waals surface area (Å²) in [4.78, 5) is 0. The molecule has 6 heteroatoms. The molecule has 0 saturated heterocycles. The van der Waals surface area contributed by atoms with E-state index in [4.69, 9.17) is 0 Å². The highest BCUT2D eigenvalue weighted by Crippen LogP contribution is 2.07. The molecule has 0 amide bonds. The molecule has 0 aromatic carbocycles. The van der Waals surface area contributed by atoms with Crippen molar-refractivity contribution in [1.82, 2.24) is 0 Å². The van der Waals surface area contributed by atoms with Gasteiger partial charge in [-0.25, -0.2) is 8.78 Å². The summed E-state index contributed by atoms with van der Waals surface area (Å²) in [5.74, 6) is 0. The van der Waals surface area contributed by atoms with E-state index in [1.165, 1.54) is 0 Å². The van der Waals surface area contributed by atoms with Crippen molar-refractivity contribution in [3.8, 4) is 0 Å². The average Bonchev–Trinajstić information content (AvgIpc) is 2.18. The summed E-state index contributed by atoms with van der Waals surface area (Å²) in [7, 11) is -0.907. The third kappa shape index (κ3) is 10.4. The van der Waals surface area contributed by atoms with Crippen LogP contribution in [0.4, 0.5) is 17.6 Å². The predicted molar refractivity (Wildman–Crippen MR) is 62.5 cm³/mol. The molecule has 0 aromatic rings.